The summed E-state index contributed by atoms with van der Waals surface area (Å²) in [5, 5.41) is 10.8. The van der Waals surface area contributed by atoms with Gasteiger partial charge < -0.3 is 14.5 Å². The Bertz CT molecular complexity index is 849. The molecule has 6 nitrogen and oxygen atoms in total. The molecule has 1 aromatic carbocycles. The molecule has 0 spiro atoms. The van der Waals surface area contributed by atoms with Crippen LogP contribution < -0.4 is 5.32 Å². The van der Waals surface area contributed by atoms with Gasteiger partial charge in [0, 0.05) is 25.5 Å². The topological polar surface area (TPSA) is 77.3 Å². The third-order valence-electron chi connectivity index (χ3n) is 4.75. The van der Waals surface area contributed by atoms with Crippen LogP contribution in [0.2, 0.25) is 0 Å². The minimum Gasteiger partial charge on any atom is -0.425 e. The van der Waals surface area contributed by atoms with E-state index in [1.807, 2.05) is 13.8 Å². The van der Waals surface area contributed by atoms with Crippen LogP contribution in [0, 0.1) is 0 Å². The first-order valence-corrected chi connectivity index (χ1v) is 9.51. The number of ether oxygens (including phenoxy) is 1. The number of nitrogens with one attached hydrogen (secondary N) is 1. The zero-order valence-corrected chi connectivity index (χ0v) is 16.4. The average molecular weight is 411 g/mol. The number of benzene rings is 1. The van der Waals surface area contributed by atoms with Crippen molar-refractivity contribution in [2.75, 3.05) is 6.61 Å². The molecule has 1 amide bonds. The van der Waals surface area contributed by atoms with E-state index in [9.17, 15) is 18.0 Å². The van der Waals surface area contributed by atoms with Crippen LogP contribution in [0.5, 0.6) is 0 Å². The van der Waals surface area contributed by atoms with Crippen molar-refractivity contribution in [3.8, 4) is 0 Å². The fraction of sp³-hybridized carbons (Fsp3) is 0.550. The van der Waals surface area contributed by atoms with Gasteiger partial charge in [-0.2, -0.15) is 13.2 Å². The highest BCUT2D eigenvalue weighted by Gasteiger charge is 2.31. The molecule has 1 atom stereocenters. The van der Waals surface area contributed by atoms with Gasteiger partial charge in [-0.15, -0.1) is 10.2 Å². The van der Waals surface area contributed by atoms with Gasteiger partial charge in [-0.25, -0.2) is 0 Å². The summed E-state index contributed by atoms with van der Waals surface area (Å²) in [6.45, 7) is 4.60. The quantitative estimate of drug-likeness (QED) is 0.785. The molecule has 158 valence electrons. The van der Waals surface area contributed by atoms with E-state index in [-0.39, 0.29) is 48.6 Å². The van der Waals surface area contributed by atoms with Gasteiger partial charge >= 0.3 is 6.18 Å². The SMILES string of the molecule is CC1(C)C[C@@H](NC(=O)CCc2nnc(Cc3cccc(C(F)(F)F)c3)o2)CCO1. The zero-order chi connectivity index (χ0) is 21.1. The van der Waals surface area contributed by atoms with Crippen molar-refractivity contribution < 1.29 is 27.1 Å². The summed E-state index contributed by atoms with van der Waals surface area (Å²) < 4.78 is 49.5. The van der Waals surface area contributed by atoms with E-state index in [1.165, 1.54) is 6.07 Å². The van der Waals surface area contributed by atoms with Gasteiger partial charge in [-0.3, -0.25) is 4.79 Å². The van der Waals surface area contributed by atoms with Crippen LogP contribution in [0.15, 0.2) is 28.7 Å². The number of rotatable bonds is 6. The van der Waals surface area contributed by atoms with Crippen molar-refractivity contribution >= 4 is 5.91 Å². The Labute approximate surface area is 166 Å². The Morgan fingerprint density at radius 1 is 1.28 bits per heavy atom. The maximum Gasteiger partial charge on any atom is 0.416 e. The van der Waals surface area contributed by atoms with Crippen LogP contribution in [0.1, 0.15) is 56.0 Å². The second kappa shape index (κ2) is 8.52. The Balaban J connectivity index is 1.50. The second-order valence-electron chi connectivity index (χ2n) is 7.83. The highest BCUT2D eigenvalue weighted by molar-refractivity contribution is 5.76. The monoisotopic (exact) mass is 411 g/mol. The minimum absolute atomic E-state index is 0.0744. The van der Waals surface area contributed by atoms with E-state index >= 15 is 0 Å². The molecular formula is C20H24F3N3O3. The maximum atomic E-state index is 12.8. The van der Waals surface area contributed by atoms with Gasteiger partial charge in [0.25, 0.3) is 0 Å². The fourth-order valence-electron chi connectivity index (χ4n) is 3.37. The minimum atomic E-state index is -4.40. The molecule has 2 aromatic rings. The number of carbonyl (C=O) groups excluding carboxylic acids is 1. The summed E-state index contributed by atoms with van der Waals surface area (Å²) in [6, 6.07) is 5.07. The molecule has 1 fully saturated rings. The Morgan fingerprint density at radius 2 is 2.03 bits per heavy atom. The van der Waals surface area contributed by atoms with Gasteiger partial charge in [0.05, 0.1) is 17.6 Å². The summed E-state index contributed by atoms with van der Waals surface area (Å²) in [7, 11) is 0. The molecule has 0 saturated carbocycles. The molecule has 0 unspecified atom stereocenters. The van der Waals surface area contributed by atoms with Crippen molar-refractivity contribution in [2.24, 2.45) is 0 Å². The van der Waals surface area contributed by atoms with Crippen molar-refractivity contribution in [3.63, 3.8) is 0 Å². The van der Waals surface area contributed by atoms with Crippen LogP contribution in [-0.2, 0) is 28.5 Å². The Morgan fingerprint density at radius 3 is 2.76 bits per heavy atom. The first-order chi connectivity index (χ1) is 13.6. The summed E-state index contributed by atoms with van der Waals surface area (Å²) in [4.78, 5) is 12.2. The van der Waals surface area contributed by atoms with Crippen molar-refractivity contribution in [1.82, 2.24) is 15.5 Å². The van der Waals surface area contributed by atoms with Gasteiger partial charge in [-0.05, 0) is 38.3 Å². The lowest BCUT2D eigenvalue weighted by molar-refractivity contribution is -0.137. The molecule has 1 aliphatic rings. The molecule has 1 saturated heterocycles. The van der Waals surface area contributed by atoms with E-state index in [0.29, 0.717) is 12.2 Å². The van der Waals surface area contributed by atoms with Crippen LogP contribution in [0.4, 0.5) is 13.2 Å². The van der Waals surface area contributed by atoms with Crippen LogP contribution in [-0.4, -0.2) is 34.4 Å². The zero-order valence-electron chi connectivity index (χ0n) is 16.4. The number of aromatic nitrogens is 2. The number of aryl methyl sites for hydroxylation is 1. The molecule has 0 aliphatic carbocycles. The van der Waals surface area contributed by atoms with Crippen molar-refractivity contribution in [3.05, 3.63) is 47.2 Å². The smallest absolute Gasteiger partial charge is 0.416 e. The van der Waals surface area contributed by atoms with Crippen LogP contribution in [0.25, 0.3) is 0 Å². The van der Waals surface area contributed by atoms with Crippen molar-refractivity contribution in [2.45, 2.75) is 63.8 Å². The van der Waals surface area contributed by atoms with E-state index < -0.39 is 11.7 Å². The normalized spacial score (nSPS) is 19.1. The van der Waals surface area contributed by atoms with Gasteiger partial charge in [0.15, 0.2) is 0 Å². The van der Waals surface area contributed by atoms with E-state index in [4.69, 9.17) is 9.15 Å². The van der Waals surface area contributed by atoms with Gasteiger partial charge in [-0.1, -0.05) is 18.2 Å². The first kappa shape index (κ1) is 21.3. The number of halogens is 3. The molecular weight excluding hydrogens is 387 g/mol. The molecule has 1 N–H and O–H groups in total. The molecule has 1 aliphatic heterocycles. The number of hydrogen-bond donors (Lipinski definition) is 1. The number of alkyl halides is 3. The number of nitrogens with zero attached hydrogens (tertiary/aromatic N) is 2. The third-order valence-corrected chi connectivity index (χ3v) is 4.75. The summed E-state index contributed by atoms with van der Waals surface area (Å²) in [5.41, 5.74) is -0.543. The standard InChI is InChI=1S/C20H24F3N3O3/c1-19(2)12-15(8-9-28-19)24-16(27)6-7-17-25-26-18(29-17)11-13-4-3-5-14(10-13)20(21,22)23/h3-5,10,15H,6-9,11-12H2,1-2H3,(H,24,27)/t15-/m0/s1. The number of amides is 1. The number of carbonyl (C=O) groups is 1. The maximum absolute atomic E-state index is 12.8. The number of hydrogen-bond acceptors (Lipinski definition) is 5. The molecule has 3 rings (SSSR count). The van der Waals surface area contributed by atoms with Gasteiger partial charge in [0.2, 0.25) is 17.7 Å². The highest BCUT2D eigenvalue weighted by atomic mass is 19.4. The van der Waals surface area contributed by atoms with Crippen LogP contribution in [0.3, 0.4) is 0 Å². The lowest BCUT2D eigenvalue weighted by atomic mass is 9.94. The predicted molar refractivity (Wildman–Crippen MR) is 98.1 cm³/mol. The Kier molecular flexibility index (Phi) is 6.26. The molecule has 0 bridgehead atoms. The average Bonchev–Trinajstić information content (AvgIpc) is 3.06. The lowest BCUT2D eigenvalue weighted by Crippen LogP contribution is -2.45. The van der Waals surface area contributed by atoms with Crippen LogP contribution >= 0.6 is 0 Å². The summed E-state index contributed by atoms with van der Waals surface area (Å²) in [5.74, 6) is 0.394. The molecule has 1 aromatic heterocycles. The first-order valence-electron chi connectivity index (χ1n) is 9.51. The van der Waals surface area contributed by atoms with E-state index in [1.54, 1.807) is 6.07 Å². The third kappa shape index (κ3) is 6.28. The molecule has 0 radical (unpaired) electrons. The highest BCUT2D eigenvalue weighted by Crippen LogP contribution is 2.30. The fourth-order valence-corrected chi connectivity index (χ4v) is 3.37. The largest absolute Gasteiger partial charge is 0.425 e. The Hall–Kier alpha value is -2.42. The molecule has 29 heavy (non-hydrogen) atoms. The van der Waals surface area contributed by atoms with Crippen molar-refractivity contribution in [1.29, 1.82) is 0 Å². The summed E-state index contributed by atoms with van der Waals surface area (Å²) in [6.07, 6.45) is -2.31. The van der Waals surface area contributed by atoms with E-state index in [2.05, 4.69) is 15.5 Å². The second-order valence-corrected chi connectivity index (χ2v) is 7.83. The summed E-state index contributed by atoms with van der Waals surface area (Å²) >= 11 is 0. The molecule has 9 heteroatoms. The predicted octanol–water partition coefficient (Wildman–Crippen LogP) is 3.69. The molecule has 2 heterocycles. The van der Waals surface area contributed by atoms with E-state index in [0.717, 1.165) is 25.0 Å². The lowest BCUT2D eigenvalue weighted by Gasteiger charge is -2.35. The van der Waals surface area contributed by atoms with Gasteiger partial charge in [0.1, 0.15) is 0 Å².